The van der Waals surface area contributed by atoms with Gasteiger partial charge in [-0.05, 0) is 12.1 Å². The van der Waals surface area contributed by atoms with Crippen molar-refractivity contribution in [1.82, 2.24) is 4.90 Å². The third kappa shape index (κ3) is 3.61. The van der Waals surface area contributed by atoms with Gasteiger partial charge in [-0.3, -0.25) is 24.1 Å². The summed E-state index contributed by atoms with van der Waals surface area (Å²) in [6.07, 6.45) is 6.69. The molecule has 6 nitrogen and oxygen atoms in total. The van der Waals surface area contributed by atoms with Crippen molar-refractivity contribution in [2.24, 2.45) is 11.8 Å². The fourth-order valence-corrected chi connectivity index (χ4v) is 3.01. The van der Waals surface area contributed by atoms with Gasteiger partial charge >= 0.3 is 5.97 Å². The van der Waals surface area contributed by atoms with Crippen LogP contribution < -0.4 is 0 Å². The van der Waals surface area contributed by atoms with Gasteiger partial charge in [-0.15, -0.1) is 0 Å². The fourth-order valence-electron chi connectivity index (χ4n) is 2.74. The van der Waals surface area contributed by atoms with Gasteiger partial charge in [0, 0.05) is 10.0 Å². The van der Waals surface area contributed by atoms with Gasteiger partial charge < -0.3 is 4.74 Å². The van der Waals surface area contributed by atoms with Crippen LogP contribution in [-0.4, -0.2) is 41.6 Å². The van der Waals surface area contributed by atoms with Gasteiger partial charge in [-0.2, -0.15) is 0 Å². The molecule has 128 valence electrons. The molecule has 0 saturated carbocycles. The summed E-state index contributed by atoms with van der Waals surface area (Å²) in [6.45, 7) is -0.927. The second-order valence-electron chi connectivity index (χ2n) is 5.67. The number of amides is 2. The second kappa shape index (κ2) is 7.14. The number of hydrogen-bond acceptors (Lipinski definition) is 5. The van der Waals surface area contributed by atoms with Gasteiger partial charge in [0.15, 0.2) is 12.4 Å². The van der Waals surface area contributed by atoms with Crippen molar-refractivity contribution in [2.45, 2.75) is 0 Å². The maximum Gasteiger partial charge on any atom is 0.326 e. The minimum Gasteiger partial charge on any atom is -0.456 e. The number of likely N-dealkylation sites (tertiary alicyclic amines) is 1. The number of nitrogens with zero attached hydrogens (tertiary/aromatic N) is 1. The second-order valence-corrected chi connectivity index (χ2v) is 6.59. The number of fused-ring (bicyclic) bond motifs is 1. The molecule has 3 rings (SSSR count). The van der Waals surface area contributed by atoms with E-state index >= 15 is 0 Å². The molecule has 1 aliphatic carbocycles. The lowest BCUT2D eigenvalue weighted by atomic mass is 9.91. The molecule has 2 aliphatic rings. The minimum atomic E-state index is -0.793. The molecule has 1 heterocycles. The van der Waals surface area contributed by atoms with Crippen LogP contribution in [0.1, 0.15) is 10.4 Å². The lowest BCUT2D eigenvalue weighted by Gasteiger charge is -2.13. The summed E-state index contributed by atoms with van der Waals surface area (Å²) in [7, 11) is 0. The van der Waals surface area contributed by atoms with Crippen LogP contribution in [0.3, 0.4) is 0 Å². The van der Waals surface area contributed by atoms with Crippen LogP contribution in [0, 0.1) is 11.8 Å². The Morgan fingerprint density at radius 3 is 2.12 bits per heavy atom. The van der Waals surface area contributed by atoms with Crippen molar-refractivity contribution >= 4 is 39.5 Å². The zero-order valence-corrected chi connectivity index (χ0v) is 14.6. The van der Waals surface area contributed by atoms with Crippen LogP contribution in [-0.2, 0) is 19.1 Å². The van der Waals surface area contributed by atoms with Crippen LogP contribution in [0.4, 0.5) is 0 Å². The van der Waals surface area contributed by atoms with Crippen LogP contribution in [0.2, 0.25) is 0 Å². The first-order valence-electron chi connectivity index (χ1n) is 7.62. The number of halogens is 1. The molecule has 1 aliphatic heterocycles. The Bertz CT molecular complexity index is 766. The standard InChI is InChI=1S/C18H14BrNO5/c19-12-7-5-11(6-8-12)15(21)10-25-16(22)9-20-17(23)13-3-1-2-4-14(13)18(20)24/h1-8,13-14H,9-10H2. The summed E-state index contributed by atoms with van der Waals surface area (Å²) in [5.74, 6) is -3.12. The van der Waals surface area contributed by atoms with Crippen molar-refractivity contribution in [3.05, 3.63) is 58.6 Å². The van der Waals surface area contributed by atoms with Gasteiger partial charge in [0.05, 0.1) is 11.8 Å². The number of ether oxygens (including phenoxy) is 1. The lowest BCUT2D eigenvalue weighted by molar-refractivity contribution is -0.152. The third-order valence-electron chi connectivity index (χ3n) is 4.05. The average molecular weight is 404 g/mol. The monoisotopic (exact) mass is 403 g/mol. The number of carbonyl (C=O) groups excluding carboxylic acids is 4. The fraction of sp³-hybridized carbons (Fsp3) is 0.222. The summed E-state index contributed by atoms with van der Waals surface area (Å²) in [5, 5.41) is 0. The van der Waals surface area contributed by atoms with E-state index in [9.17, 15) is 19.2 Å². The van der Waals surface area contributed by atoms with Crippen molar-refractivity contribution in [2.75, 3.05) is 13.2 Å². The molecular formula is C18H14BrNO5. The molecule has 0 aromatic heterocycles. The van der Waals surface area contributed by atoms with E-state index < -0.39 is 42.8 Å². The highest BCUT2D eigenvalue weighted by atomic mass is 79.9. The van der Waals surface area contributed by atoms with Gasteiger partial charge in [0.25, 0.3) is 0 Å². The summed E-state index contributed by atoms with van der Waals surface area (Å²) < 4.78 is 5.75. The summed E-state index contributed by atoms with van der Waals surface area (Å²) in [5.41, 5.74) is 0.408. The zero-order valence-electron chi connectivity index (χ0n) is 13.1. The molecule has 0 bridgehead atoms. The van der Waals surface area contributed by atoms with Crippen LogP contribution in [0.5, 0.6) is 0 Å². The number of hydrogen-bond donors (Lipinski definition) is 0. The van der Waals surface area contributed by atoms with E-state index in [0.29, 0.717) is 5.56 Å². The minimum absolute atomic E-state index is 0.362. The smallest absolute Gasteiger partial charge is 0.326 e. The number of imide groups is 1. The molecular weight excluding hydrogens is 390 g/mol. The number of esters is 1. The quantitative estimate of drug-likeness (QED) is 0.426. The molecule has 0 spiro atoms. The number of Topliss-reactive ketones (excluding diaryl/α,β-unsaturated/α-hetero) is 1. The molecule has 0 N–H and O–H groups in total. The number of benzene rings is 1. The third-order valence-corrected chi connectivity index (χ3v) is 4.58. The SMILES string of the molecule is O=C(CN1C(=O)C2C=CC=CC2C1=O)OCC(=O)c1ccc(Br)cc1. The lowest BCUT2D eigenvalue weighted by Crippen LogP contribution is -2.37. The molecule has 1 saturated heterocycles. The van der Waals surface area contributed by atoms with Crippen molar-refractivity contribution < 1.29 is 23.9 Å². The molecule has 1 fully saturated rings. The topological polar surface area (TPSA) is 80.8 Å². The first-order valence-corrected chi connectivity index (χ1v) is 8.41. The van der Waals surface area contributed by atoms with E-state index in [4.69, 9.17) is 4.74 Å². The van der Waals surface area contributed by atoms with Gasteiger partial charge in [-0.1, -0.05) is 52.4 Å². The molecule has 25 heavy (non-hydrogen) atoms. The highest BCUT2D eigenvalue weighted by molar-refractivity contribution is 9.10. The summed E-state index contributed by atoms with van der Waals surface area (Å²) in [6, 6.07) is 6.63. The average Bonchev–Trinajstić information content (AvgIpc) is 2.86. The molecule has 2 amide bonds. The maximum absolute atomic E-state index is 12.2. The largest absolute Gasteiger partial charge is 0.456 e. The van der Waals surface area contributed by atoms with Crippen molar-refractivity contribution in [1.29, 1.82) is 0 Å². The van der Waals surface area contributed by atoms with E-state index in [1.54, 1.807) is 48.6 Å². The maximum atomic E-state index is 12.2. The van der Waals surface area contributed by atoms with Crippen molar-refractivity contribution in [3.8, 4) is 0 Å². The zero-order chi connectivity index (χ0) is 18.0. The molecule has 2 atom stereocenters. The van der Waals surface area contributed by atoms with Crippen LogP contribution in [0.15, 0.2) is 53.0 Å². The Morgan fingerprint density at radius 1 is 1.00 bits per heavy atom. The number of carbonyl (C=O) groups is 4. The molecule has 0 radical (unpaired) electrons. The highest BCUT2D eigenvalue weighted by Gasteiger charge is 2.46. The Balaban J connectivity index is 1.56. The van der Waals surface area contributed by atoms with E-state index in [-0.39, 0.29) is 5.78 Å². The van der Waals surface area contributed by atoms with Crippen molar-refractivity contribution in [3.63, 3.8) is 0 Å². The normalized spacial score (nSPS) is 21.4. The molecule has 7 heteroatoms. The summed E-state index contributed by atoms with van der Waals surface area (Å²) >= 11 is 3.27. The molecule has 2 unspecified atom stereocenters. The predicted octanol–water partition coefficient (Wildman–Crippen LogP) is 1.90. The number of rotatable bonds is 5. The van der Waals surface area contributed by atoms with E-state index in [1.807, 2.05) is 0 Å². The van der Waals surface area contributed by atoms with Gasteiger partial charge in [0.1, 0.15) is 6.54 Å². The Kier molecular flexibility index (Phi) is 4.94. The Morgan fingerprint density at radius 2 is 1.56 bits per heavy atom. The van der Waals surface area contributed by atoms with Gasteiger partial charge in [-0.25, -0.2) is 0 Å². The molecule has 1 aromatic carbocycles. The van der Waals surface area contributed by atoms with Crippen LogP contribution in [0.25, 0.3) is 0 Å². The highest BCUT2D eigenvalue weighted by Crippen LogP contribution is 2.30. The first-order chi connectivity index (χ1) is 12.0. The first kappa shape index (κ1) is 17.3. The summed E-state index contributed by atoms with van der Waals surface area (Å²) in [4.78, 5) is 49.2. The molecule has 1 aromatic rings. The van der Waals surface area contributed by atoms with E-state index in [1.165, 1.54) is 0 Å². The van der Waals surface area contributed by atoms with Gasteiger partial charge in [0.2, 0.25) is 11.8 Å². The number of ketones is 1. The van der Waals surface area contributed by atoms with E-state index in [2.05, 4.69) is 15.9 Å². The Labute approximate surface area is 152 Å². The predicted molar refractivity (Wildman–Crippen MR) is 91.4 cm³/mol. The van der Waals surface area contributed by atoms with Crippen LogP contribution >= 0.6 is 15.9 Å². The Hall–Kier alpha value is -2.54. The number of allylic oxidation sites excluding steroid dienone is 2. The van der Waals surface area contributed by atoms with E-state index in [0.717, 1.165) is 9.37 Å².